The number of hydrogen-bond donors (Lipinski definition) is 1. The van der Waals surface area contributed by atoms with E-state index in [0.29, 0.717) is 5.41 Å². The molecular formula is C14H31NO. The van der Waals surface area contributed by atoms with Gasteiger partial charge in [-0.2, -0.15) is 0 Å². The molecule has 2 nitrogen and oxygen atoms in total. The average Bonchev–Trinajstić information content (AvgIpc) is 2.16. The second kappa shape index (κ2) is 8.08. The molecule has 0 aliphatic carbocycles. The van der Waals surface area contributed by atoms with Gasteiger partial charge in [0.25, 0.3) is 0 Å². The summed E-state index contributed by atoms with van der Waals surface area (Å²) in [6, 6.07) is 0. The number of methoxy groups -OCH3 is 1. The van der Waals surface area contributed by atoms with Crippen molar-refractivity contribution in [3.05, 3.63) is 0 Å². The summed E-state index contributed by atoms with van der Waals surface area (Å²) in [6.45, 7) is 14.6. The van der Waals surface area contributed by atoms with Crippen molar-refractivity contribution in [3.8, 4) is 0 Å². The molecule has 0 aromatic carbocycles. The van der Waals surface area contributed by atoms with Gasteiger partial charge in [0.2, 0.25) is 0 Å². The first-order chi connectivity index (χ1) is 7.43. The van der Waals surface area contributed by atoms with E-state index in [1.807, 2.05) is 0 Å². The quantitative estimate of drug-likeness (QED) is 0.645. The Balaban J connectivity index is 4.11. The maximum Gasteiger partial charge on any atom is 0.0587 e. The molecule has 2 unspecified atom stereocenters. The third kappa shape index (κ3) is 6.49. The van der Waals surface area contributed by atoms with E-state index >= 15 is 0 Å². The van der Waals surface area contributed by atoms with Crippen LogP contribution >= 0.6 is 0 Å². The van der Waals surface area contributed by atoms with E-state index in [2.05, 4.69) is 39.9 Å². The van der Waals surface area contributed by atoms with E-state index < -0.39 is 0 Å². The molecule has 16 heavy (non-hydrogen) atoms. The van der Waals surface area contributed by atoms with Crippen LogP contribution in [-0.2, 0) is 4.74 Å². The molecule has 0 fully saturated rings. The summed E-state index contributed by atoms with van der Waals surface area (Å²) < 4.78 is 5.05. The van der Waals surface area contributed by atoms with E-state index in [4.69, 9.17) is 4.74 Å². The molecule has 0 aromatic heterocycles. The summed E-state index contributed by atoms with van der Waals surface area (Å²) in [5, 5.41) is 3.51. The predicted octanol–water partition coefficient (Wildman–Crippen LogP) is 3.32. The molecule has 0 saturated carbocycles. The van der Waals surface area contributed by atoms with Gasteiger partial charge in [-0.3, -0.25) is 0 Å². The van der Waals surface area contributed by atoms with E-state index in [0.717, 1.165) is 31.5 Å². The van der Waals surface area contributed by atoms with Crippen LogP contribution in [0.15, 0.2) is 0 Å². The summed E-state index contributed by atoms with van der Waals surface area (Å²) in [4.78, 5) is 0. The lowest BCUT2D eigenvalue weighted by Gasteiger charge is -2.36. The van der Waals surface area contributed by atoms with Crippen LogP contribution in [0, 0.1) is 17.3 Å². The van der Waals surface area contributed by atoms with Crippen molar-refractivity contribution in [3.63, 3.8) is 0 Å². The summed E-state index contributed by atoms with van der Waals surface area (Å²) >= 11 is 0. The fourth-order valence-corrected chi connectivity index (χ4v) is 2.45. The van der Waals surface area contributed by atoms with Gasteiger partial charge < -0.3 is 10.1 Å². The summed E-state index contributed by atoms with van der Waals surface area (Å²) in [7, 11) is 1.75. The molecule has 0 aliphatic heterocycles. The van der Waals surface area contributed by atoms with E-state index in [1.54, 1.807) is 7.11 Å². The van der Waals surface area contributed by atoms with Crippen LogP contribution in [0.25, 0.3) is 0 Å². The van der Waals surface area contributed by atoms with Crippen LogP contribution < -0.4 is 5.32 Å². The van der Waals surface area contributed by atoms with Gasteiger partial charge in [-0.25, -0.2) is 0 Å². The molecule has 0 bridgehead atoms. The molecule has 1 N–H and O–H groups in total. The van der Waals surface area contributed by atoms with Crippen molar-refractivity contribution >= 4 is 0 Å². The van der Waals surface area contributed by atoms with Crippen LogP contribution in [-0.4, -0.2) is 26.8 Å². The molecule has 0 rings (SSSR count). The molecule has 0 aliphatic rings. The Kier molecular flexibility index (Phi) is 8.04. The second-order valence-electron chi connectivity index (χ2n) is 5.94. The largest absolute Gasteiger partial charge is 0.383 e. The lowest BCUT2D eigenvalue weighted by molar-refractivity contribution is 0.147. The number of ether oxygens (including phenoxy) is 1. The van der Waals surface area contributed by atoms with Crippen molar-refractivity contribution < 1.29 is 4.74 Å². The van der Waals surface area contributed by atoms with Crippen molar-refractivity contribution in [1.29, 1.82) is 0 Å². The fourth-order valence-electron chi connectivity index (χ4n) is 2.45. The first-order valence-electron chi connectivity index (χ1n) is 6.63. The van der Waals surface area contributed by atoms with E-state index in [9.17, 15) is 0 Å². The minimum atomic E-state index is 0.384. The number of hydrogen-bond acceptors (Lipinski definition) is 2. The Labute approximate surface area is 102 Å². The molecule has 0 radical (unpaired) electrons. The van der Waals surface area contributed by atoms with Crippen molar-refractivity contribution in [2.75, 3.05) is 26.8 Å². The van der Waals surface area contributed by atoms with Crippen LogP contribution in [0.5, 0.6) is 0 Å². The monoisotopic (exact) mass is 229 g/mol. The normalized spacial score (nSPS) is 16.1. The van der Waals surface area contributed by atoms with Crippen molar-refractivity contribution in [1.82, 2.24) is 5.32 Å². The Hall–Kier alpha value is -0.0800. The highest BCUT2D eigenvalue weighted by molar-refractivity contribution is 4.80. The highest BCUT2D eigenvalue weighted by Gasteiger charge is 2.28. The first-order valence-corrected chi connectivity index (χ1v) is 6.63. The number of rotatable bonds is 8. The molecule has 0 heterocycles. The lowest BCUT2D eigenvalue weighted by atomic mass is 9.72. The highest BCUT2D eigenvalue weighted by Crippen LogP contribution is 2.33. The Bertz CT molecular complexity index is 163. The molecular weight excluding hydrogens is 198 g/mol. The first kappa shape index (κ1) is 15.9. The molecule has 98 valence electrons. The van der Waals surface area contributed by atoms with Crippen LogP contribution in [0.4, 0.5) is 0 Å². The van der Waals surface area contributed by atoms with E-state index in [-0.39, 0.29) is 0 Å². The fraction of sp³-hybridized carbons (Fsp3) is 1.00. The zero-order valence-corrected chi connectivity index (χ0v) is 12.1. The number of nitrogens with one attached hydrogen (secondary N) is 1. The zero-order valence-electron chi connectivity index (χ0n) is 12.1. The molecule has 0 aromatic rings. The maximum atomic E-state index is 5.05. The molecule has 2 atom stereocenters. The standard InChI is InChI=1S/C14H31NO/c1-7-8-12(2)13(14(3,4)5)11-15-9-10-16-6/h12-13,15H,7-11H2,1-6H3. The van der Waals surface area contributed by atoms with Gasteiger partial charge >= 0.3 is 0 Å². The Morgan fingerprint density at radius 3 is 2.31 bits per heavy atom. The Morgan fingerprint density at radius 1 is 1.25 bits per heavy atom. The smallest absolute Gasteiger partial charge is 0.0587 e. The second-order valence-corrected chi connectivity index (χ2v) is 5.94. The molecule has 0 spiro atoms. The van der Waals surface area contributed by atoms with Crippen molar-refractivity contribution in [2.45, 2.75) is 47.5 Å². The summed E-state index contributed by atoms with van der Waals surface area (Å²) in [5.41, 5.74) is 0.384. The van der Waals surface area contributed by atoms with Gasteiger partial charge in [0, 0.05) is 13.7 Å². The highest BCUT2D eigenvalue weighted by atomic mass is 16.5. The molecule has 2 heteroatoms. The maximum absolute atomic E-state index is 5.05. The molecule has 0 amide bonds. The van der Waals surface area contributed by atoms with Crippen LogP contribution in [0.2, 0.25) is 0 Å². The van der Waals surface area contributed by atoms with Gasteiger partial charge in [0.05, 0.1) is 6.61 Å². The third-order valence-corrected chi connectivity index (χ3v) is 3.39. The van der Waals surface area contributed by atoms with Gasteiger partial charge in [-0.1, -0.05) is 47.5 Å². The van der Waals surface area contributed by atoms with Gasteiger partial charge in [-0.05, 0) is 23.8 Å². The minimum Gasteiger partial charge on any atom is -0.383 e. The summed E-state index contributed by atoms with van der Waals surface area (Å²) in [5.74, 6) is 1.53. The Morgan fingerprint density at radius 2 is 1.88 bits per heavy atom. The van der Waals surface area contributed by atoms with Gasteiger partial charge in [-0.15, -0.1) is 0 Å². The van der Waals surface area contributed by atoms with Gasteiger partial charge in [0.15, 0.2) is 0 Å². The van der Waals surface area contributed by atoms with Crippen molar-refractivity contribution in [2.24, 2.45) is 17.3 Å². The average molecular weight is 229 g/mol. The minimum absolute atomic E-state index is 0.384. The lowest BCUT2D eigenvalue weighted by Crippen LogP contribution is -2.37. The topological polar surface area (TPSA) is 21.3 Å². The SMILES string of the molecule is CCCC(C)C(CNCCOC)C(C)(C)C. The predicted molar refractivity (Wildman–Crippen MR) is 71.8 cm³/mol. The third-order valence-electron chi connectivity index (χ3n) is 3.39. The van der Waals surface area contributed by atoms with Gasteiger partial charge in [0.1, 0.15) is 0 Å². The van der Waals surface area contributed by atoms with Crippen LogP contribution in [0.1, 0.15) is 47.5 Å². The summed E-state index contributed by atoms with van der Waals surface area (Å²) in [6.07, 6.45) is 2.61. The molecule has 0 saturated heterocycles. The zero-order chi connectivity index (χ0) is 12.6. The van der Waals surface area contributed by atoms with E-state index in [1.165, 1.54) is 12.8 Å². The van der Waals surface area contributed by atoms with Crippen LogP contribution in [0.3, 0.4) is 0 Å².